The Hall–Kier alpha value is -2.54. The fraction of sp³-hybridized carbons (Fsp3) is 0.100. The lowest BCUT2D eigenvalue weighted by Gasteiger charge is -2.10. The molecule has 1 heteroatoms. The molecule has 0 amide bonds. The molecule has 0 saturated carbocycles. The minimum absolute atomic E-state index is 1.22. The molecule has 102 valence electrons. The van der Waals surface area contributed by atoms with E-state index < -0.39 is 0 Å². The van der Waals surface area contributed by atoms with Crippen LogP contribution in [-0.4, -0.2) is 4.57 Å². The van der Waals surface area contributed by atoms with E-state index in [4.69, 9.17) is 0 Å². The summed E-state index contributed by atoms with van der Waals surface area (Å²) in [4.78, 5) is 0. The zero-order valence-corrected chi connectivity index (χ0v) is 12.3. The number of fused-ring (bicyclic) bond motifs is 3. The molecule has 0 aliphatic carbocycles. The van der Waals surface area contributed by atoms with E-state index in [1.54, 1.807) is 0 Å². The Kier molecular flexibility index (Phi) is 2.61. The van der Waals surface area contributed by atoms with Gasteiger partial charge in [0, 0.05) is 16.5 Å². The maximum absolute atomic E-state index is 2.38. The first-order chi connectivity index (χ1) is 10.3. The summed E-state index contributed by atoms with van der Waals surface area (Å²) < 4.78 is 2.38. The molecular weight excluding hydrogens is 254 g/mol. The van der Waals surface area contributed by atoms with Crippen LogP contribution in [0, 0.1) is 13.8 Å². The molecule has 4 rings (SSSR count). The summed E-state index contributed by atoms with van der Waals surface area (Å²) in [5.41, 5.74) is 6.50. The minimum atomic E-state index is 1.22. The van der Waals surface area contributed by atoms with E-state index in [1.807, 2.05) is 0 Å². The van der Waals surface area contributed by atoms with Crippen LogP contribution >= 0.6 is 0 Å². The normalized spacial score (nSPS) is 11.3. The number of hydrogen-bond acceptors (Lipinski definition) is 0. The predicted octanol–water partition coefficient (Wildman–Crippen LogP) is 5.40. The standard InChI is InChI=1S/C20H17N/c1-14-12-13-18-17-10-6-7-11-19(17)21(20(18)15(14)2)16-8-4-3-5-9-16/h3-13H,1-2H3. The molecule has 1 heterocycles. The van der Waals surface area contributed by atoms with Gasteiger partial charge in [0.05, 0.1) is 11.0 Å². The van der Waals surface area contributed by atoms with E-state index in [9.17, 15) is 0 Å². The highest BCUT2D eigenvalue weighted by Gasteiger charge is 2.14. The quantitative estimate of drug-likeness (QED) is 0.437. The van der Waals surface area contributed by atoms with E-state index >= 15 is 0 Å². The monoisotopic (exact) mass is 271 g/mol. The van der Waals surface area contributed by atoms with Crippen LogP contribution in [0.5, 0.6) is 0 Å². The highest BCUT2D eigenvalue weighted by atomic mass is 15.0. The fourth-order valence-electron chi connectivity index (χ4n) is 3.17. The van der Waals surface area contributed by atoms with Crippen LogP contribution in [0.25, 0.3) is 27.5 Å². The molecule has 0 atom stereocenters. The summed E-state index contributed by atoms with van der Waals surface area (Å²) in [6.45, 7) is 4.40. The second-order valence-corrected chi connectivity index (χ2v) is 5.59. The molecule has 21 heavy (non-hydrogen) atoms. The van der Waals surface area contributed by atoms with Gasteiger partial charge in [-0.3, -0.25) is 0 Å². The van der Waals surface area contributed by atoms with E-state index in [0.717, 1.165) is 0 Å². The van der Waals surface area contributed by atoms with Crippen LogP contribution in [0.1, 0.15) is 11.1 Å². The zero-order chi connectivity index (χ0) is 14.4. The summed E-state index contributed by atoms with van der Waals surface area (Å²) >= 11 is 0. The van der Waals surface area contributed by atoms with Gasteiger partial charge in [-0.1, -0.05) is 48.5 Å². The Balaban J connectivity index is 2.28. The third-order valence-electron chi connectivity index (χ3n) is 4.37. The SMILES string of the molecule is Cc1ccc2c3ccccc3n(-c3ccccc3)c2c1C. The van der Waals surface area contributed by atoms with Crippen molar-refractivity contribution in [2.75, 3.05) is 0 Å². The molecule has 0 bridgehead atoms. The molecule has 0 radical (unpaired) electrons. The Morgan fingerprint density at radius 2 is 1.38 bits per heavy atom. The molecule has 0 unspecified atom stereocenters. The van der Waals surface area contributed by atoms with Crippen LogP contribution in [-0.2, 0) is 0 Å². The van der Waals surface area contributed by atoms with Crippen molar-refractivity contribution in [1.82, 2.24) is 4.57 Å². The smallest absolute Gasteiger partial charge is 0.0572 e. The van der Waals surface area contributed by atoms with Gasteiger partial charge in [0.15, 0.2) is 0 Å². The van der Waals surface area contributed by atoms with E-state index in [2.05, 4.69) is 85.1 Å². The summed E-state index contributed by atoms with van der Waals surface area (Å²) in [7, 11) is 0. The van der Waals surface area contributed by atoms with Gasteiger partial charge >= 0.3 is 0 Å². The highest BCUT2D eigenvalue weighted by molar-refractivity contribution is 6.10. The van der Waals surface area contributed by atoms with Gasteiger partial charge < -0.3 is 4.57 Å². The molecule has 0 spiro atoms. The van der Waals surface area contributed by atoms with Crippen LogP contribution in [0.15, 0.2) is 66.7 Å². The second kappa shape index (κ2) is 4.49. The number of aromatic nitrogens is 1. The number of nitrogens with zero attached hydrogens (tertiary/aromatic N) is 1. The van der Waals surface area contributed by atoms with Crippen LogP contribution < -0.4 is 0 Å². The molecule has 4 aromatic rings. The summed E-state index contributed by atoms with van der Waals surface area (Å²) in [6.07, 6.45) is 0. The van der Waals surface area contributed by atoms with Gasteiger partial charge in [0.2, 0.25) is 0 Å². The Labute approximate surface area is 124 Å². The van der Waals surface area contributed by atoms with E-state index in [-0.39, 0.29) is 0 Å². The number of aryl methyl sites for hydroxylation is 2. The van der Waals surface area contributed by atoms with Gasteiger partial charge in [-0.25, -0.2) is 0 Å². The average molecular weight is 271 g/mol. The molecular formula is C20H17N. The van der Waals surface area contributed by atoms with Crippen molar-refractivity contribution in [3.8, 4) is 5.69 Å². The molecule has 3 aromatic carbocycles. The minimum Gasteiger partial charge on any atom is -0.309 e. The van der Waals surface area contributed by atoms with Crippen LogP contribution in [0.3, 0.4) is 0 Å². The third kappa shape index (κ3) is 1.71. The number of benzene rings is 3. The molecule has 0 N–H and O–H groups in total. The van der Waals surface area contributed by atoms with Gasteiger partial charge in [0.25, 0.3) is 0 Å². The first-order valence-electron chi connectivity index (χ1n) is 7.32. The molecule has 1 nitrogen and oxygen atoms in total. The number of rotatable bonds is 1. The van der Waals surface area contributed by atoms with Gasteiger partial charge in [0.1, 0.15) is 0 Å². The lowest BCUT2D eigenvalue weighted by molar-refractivity contribution is 1.16. The Morgan fingerprint density at radius 1 is 0.667 bits per heavy atom. The average Bonchev–Trinajstić information content (AvgIpc) is 2.87. The molecule has 0 saturated heterocycles. The van der Waals surface area contributed by atoms with Crippen LogP contribution in [0.4, 0.5) is 0 Å². The Morgan fingerprint density at radius 3 is 2.19 bits per heavy atom. The zero-order valence-electron chi connectivity index (χ0n) is 12.3. The largest absolute Gasteiger partial charge is 0.309 e. The molecule has 0 aliphatic heterocycles. The van der Waals surface area contributed by atoms with Crippen molar-refractivity contribution in [2.45, 2.75) is 13.8 Å². The maximum Gasteiger partial charge on any atom is 0.0572 e. The highest BCUT2D eigenvalue weighted by Crippen LogP contribution is 2.34. The van der Waals surface area contributed by atoms with Crippen molar-refractivity contribution >= 4 is 21.8 Å². The first kappa shape index (κ1) is 12.2. The van der Waals surface area contributed by atoms with Crippen molar-refractivity contribution in [2.24, 2.45) is 0 Å². The van der Waals surface area contributed by atoms with E-state index in [0.29, 0.717) is 0 Å². The molecule has 1 aromatic heterocycles. The Bertz CT molecular complexity index is 946. The topological polar surface area (TPSA) is 4.93 Å². The second-order valence-electron chi connectivity index (χ2n) is 5.59. The first-order valence-corrected chi connectivity index (χ1v) is 7.32. The summed E-state index contributed by atoms with van der Waals surface area (Å²) in [6, 6.07) is 23.7. The molecule has 0 aliphatic rings. The number of para-hydroxylation sites is 2. The lowest BCUT2D eigenvalue weighted by Crippen LogP contribution is -1.95. The third-order valence-corrected chi connectivity index (χ3v) is 4.37. The van der Waals surface area contributed by atoms with Gasteiger partial charge in [-0.2, -0.15) is 0 Å². The summed E-state index contributed by atoms with van der Waals surface area (Å²) in [5.74, 6) is 0. The summed E-state index contributed by atoms with van der Waals surface area (Å²) in [5, 5.41) is 2.65. The van der Waals surface area contributed by atoms with Crippen molar-refractivity contribution in [3.63, 3.8) is 0 Å². The number of hydrogen-bond donors (Lipinski definition) is 0. The molecule has 0 fully saturated rings. The maximum atomic E-state index is 2.38. The fourth-order valence-corrected chi connectivity index (χ4v) is 3.17. The van der Waals surface area contributed by atoms with Crippen molar-refractivity contribution in [1.29, 1.82) is 0 Å². The lowest BCUT2D eigenvalue weighted by atomic mass is 10.1. The van der Waals surface area contributed by atoms with Crippen LogP contribution in [0.2, 0.25) is 0 Å². The van der Waals surface area contributed by atoms with Gasteiger partial charge in [-0.15, -0.1) is 0 Å². The van der Waals surface area contributed by atoms with Gasteiger partial charge in [-0.05, 0) is 43.2 Å². The predicted molar refractivity (Wildman–Crippen MR) is 90.3 cm³/mol. The van der Waals surface area contributed by atoms with Crippen molar-refractivity contribution in [3.05, 3.63) is 77.9 Å². The van der Waals surface area contributed by atoms with Crippen molar-refractivity contribution < 1.29 is 0 Å². The van der Waals surface area contributed by atoms with E-state index in [1.165, 1.54) is 38.6 Å².